The van der Waals surface area contributed by atoms with Crippen LogP contribution in [0.5, 0.6) is 0 Å². The molecule has 1 nitrogen and oxygen atoms in total. The summed E-state index contributed by atoms with van der Waals surface area (Å²) in [4.78, 5) is 2.53. The molecular formula is C24H25N. The van der Waals surface area contributed by atoms with Gasteiger partial charge in [0, 0.05) is 18.8 Å². The predicted molar refractivity (Wildman–Crippen MR) is 107 cm³/mol. The first-order valence-corrected chi connectivity index (χ1v) is 9.33. The van der Waals surface area contributed by atoms with Gasteiger partial charge in [0.05, 0.1) is 0 Å². The van der Waals surface area contributed by atoms with Crippen molar-refractivity contribution in [3.63, 3.8) is 0 Å². The summed E-state index contributed by atoms with van der Waals surface area (Å²) < 4.78 is 0. The molecule has 0 saturated heterocycles. The Kier molecular flexibility index (Phi) is 4.83. The van der Waals surface area contributed by atoms with Crippen molar-refractivity contribution in [2.45, 2.75) is 19.3 Å². The molecule has 0 bridgehead atoms. The van der Waals surface area contributed by atoms with Gasteiger partial charge < -0.3 is 4.90 Å². The summed E-state index contributed by atoms with van der Waals surface area (Å²) in [6.07, 6.45) is 13.0. The third-order valence-electron chi connectivity index (χ3n) is 5.18. The standard InChI is InChI=1S/C24H25N/c1-3-11-21(12-4-1)23-15-9-10-20(18-23)19-25-17-8-7-16-24(25)22-13-5-2-6-14-22/h1-8,11-14,16,18,20H,9-10,15,17,19H2. The summed E-state index contributed by atoms with van der Waals surface area (Å²) in [7, 11) is 0. The van der Waals surface area contributed by atoms with Crippen LogP contribution in [0.4, 0.5) is 0 Å². The summed E-state index contributed by atoms with van der Waals surface area (Å²) in [5.41, 5.74) is 5.58. The second-order valence-corrected chi connectivity index (χ2v) is 6.96. The summed E-state index contributed by atoms with van der Waals surface area (Å²) in [6, 6.07) is 21.6. The van der Waals surface area contributed by atoms with Crippen molar-refractivity contribution >= 4 is 11.3 Å². The number of benzene rings is 2. The van der Waals surface area contributed by atoms with Crippen LogP contribution in [0.3, 0.4) is 0 Å². The zero-order valence-electron chi connectivity index (χ0n) is 14.6. The molecule has 0 fully saturated rings. The molecule has 0 radical (unpaired) electrons. The Labute approximate surface area is 151 Å². The van der Waals surface area contributed by atoms with Gasteiger partial charge in [0.25, 0.3) is 0 Å². The van der Waals surface area contributed by atoms with Gasteiger partial charge in [-0.1, -0.05) is 78.9 Å². The number of hydrogen-bond donors (Lipinski definition) is 0. The molecule has 0 amide bonds. The summed E-state index contributed by atoms with van der Waals surface area (Å²) in [6.45, 7) is 2.10. The van der Waals surface area contributed by atoms with Gasteiger partial charge in [0.2, 0.25) is 0 Å². The second kappa shape index (κ2) is 7.57. The Balaban J connectivity index is 1.53. The maximum atomic E-state index is 2.53. The van der Waals surface area contributed by atoms with Gasteiger partial charge in [-0.2, -0.15) is 0 Å². The molecule has 0 aromatic heterocycles. The fraction of sp³-hybridized carbons (Fsp3) is 0.250. The van der Waals surface area contributed by atoms with E-state index in [0.717, 1.165) is 13.1 Å². The molecule has 0 saturated carbocycles. The highest BCUT2D eigenvalue weighted by Crippen LogP contribution is 2.32. The van der Waals surface area contributed by atoms with Gasteiger partial charge in [-0.25, -0.2) is 0 Å². The SMILES string of the molecule is C1=CCN(CC2C=C(c3ccccc3)CCC2)C(c2ccccc2)=C1. The maximum Gasteiger partial charge on any atom is 0.0442 e. The molecule has 25 heavy (non-hydrogen) atoms. The molecule has 126 valence electrons. The molecule has 2 aliphatic rings. The minimum Gasteiger partial charge on any atom is -0.367 e. The Hall–Kier alpha value is -2.54. The fourth-order valence-electron chi connectivity index (χ4n) is 3.94. The van der Waals surface area contributed by atoms with E-state index in [0.29, 0.717) is 5.92 Å². The highest BCUT2D eigenvalue weighted by atomic mass is 15.1. The van der Waals surface area contributed by atoms with E-state index in [1.165, 1.54) is 41.7 Å². The molecule has 0 spiro atoms. The van der Waals surface area contributed by atoms with E-state index >= 15 is 0 Å². The first kappa shape index (κ1) is 16.0. The van der Waals surface area contributed by atoms with E-state index in [1.807, 2.05) is 0 Å². The van der Waals surface area contributed by atoms with E-state index < -0.39 is 0 Å². The Morgan fingerprint density at radius 1 is 0.880 bits per heavy atom. The van der Waals surface area contributed by atoms with E-state index in [9.17, 15) is 0 Å². The van der Waals surface area contributed by atoms with Crippen molar-refractivity contribution in [1.82, 2.24) is 4.90 Å². The van der Waals surface area contributed by atoms with Gasteiger partial charge >= 0.3 is 0 Å². The van der Waals surface area contributed by atoms with Gasteiger partial charge in [0.15, 0.2) is 0 Å². The predicted octanol–water partition coefficient (Wildman–Crippen LogP) is 5.78. The highest BCUT2D eigenvalue weighted by Gasteiger charge is 2.20. The summed E-state index contributed by atoms with van der Waals surface area (Å²) in [5.74, 6) is 0.627. The van der Waals surface area contributed by atoms with Gasteiger partial charge in [-0.3, -0.25) is 0 Å². The van der Waals surface area contributed by atoms with Crippen molar-refractivity contribution < 1.29 is 0 Å². The Morgan fingerprint density at radius 3 is 2.36 bits per heavy atom. The van der Waals surface area contributed by atoms with Crippen LogP contribution in [0.2, 0.25) is 0 Å². The van der Waals surface area contributed by atoms with Crippen LogP contribution in [0.25, 0.3) is 11.3 Å². The Bertz CT molecular complexity index is 783. The summed E-state index contributed by atoms with van der Waals surface area (Å²) >= 11 is 0. The molecule has 1 heteroatoms. The minimum atomic E-state index is 0.627. The first-order valence-electron chi connectivity index (χ1n) is 9.33. The quantitative estimate of drug-likeness (QED) is 0.687. The third kappa shape index (κ3) is 3.76. The van der Waals surface area contributed by atoms with Crippen molar-refractivity contribution in [2.75, 3.05) is 13.1 Å². The highest BCUT2D eigenvalue weighted by molar-refractivity contribution is 5.68. The lowest BCUT2D eigenvalue weighted by Crippen LogP contribution is -2.30. The first-order chi connectivity index (χ1) is 12.4. The van der Waals surface area contributed by atoms with Crippen LogP contribution in [0.15, 0.2) is 85.0 Å². The van der Waals surface area contributed by atoms with Gasteiger partial charge in [-0.15, -0.1) is 0 Å². The molecule has 2 aromatic carbocycles. The molecule has 4 rings (SSSR count). The number of hydrogen-bond acceptors (Lipinski definition) is 1. The van der Waals surface area contributed by atoms with Crippen LogP contribution in [0.1, 0.15) is 30.4 Å². The molecule has 1 aliphatic heterocycles. The second-order valence-electron chi connectivity index (χ2n) is 6.96. The van der Waals surface area contributed by atoms with E-state index in [-0.39, 0.29) is 0 Å². The van der Waals surface area contributed by atoms with E-state index in [4.69, 9.17) is 0 Å². The molecule has 0 N–H and O–H groups in total. The zero-order chi connectivity index (χ0) is 16.9. The average Bonchev–Trinajstić information content (AvgIpc) is 2.70. The molecule has 1 aliphatic carbocycles. The molecule has 1 atom stereocenters. The molecule has 2 aromatic rings. The fourth-order valence-corrected chi connectivity index (χ4v) is 3.94. The maximum absolute atomic E-state index is 2.53. The average molecular weight is 327 g/mol. The van der Waals surface area contributed by atoms with E-state index in [1.54, 1.807) is 0 Å². The van der Waals surface area contributed by atoms with Crippen LogP contribution in [-0.2, 0) is 0 Å². The smallest absolute Gasteiger partial charge is 0.0442 e. The van der Waals surface area contributed by atoms with Crippen molar-refractivity contribution in [2.24, 2.45) is 5.92 Å². The third-order valence-corrected chi connectivity index (χ3v) is 5.18. The number of nitrogens with zero attached hydrogens (tertiary/aromatic N) is 1. The molecular weight excluding hydrogens is 302 g/mol. The summed E-state index contributed by atoms with van der Waals surface area (Å²) in [5, 5.41) is 0. The van der Waals surface area contributed by atoms with Crippen molar-refractivity contribution in [3.05, 3.63) is 96.1 Å². The topological polar surface area (TPSA) is 3.24 Å². The van der Waals surface area contributed by atoms with Crippen LogP contribution in [0, 0.1) is 5.92 Å². The van der Waals surface area contributed by atoms with Crippen LogP contribution >= 0.6 is 0 Å². The lowest BCUT2D eigenvalue weighted by Gasteiger charge is -2.33. The lowest BCUT2D eigenvalue weighted by atomic mass is 9.86. The lowest BCUT2D eigenvalue weighted by molar-refractivity contribution is 0.361. The van der Waals surface area contributed by atoms with E-state index in [2.05, 4.69) is 89.9 Å². The Morgan fingerprint density at radius 2 is 1.60 bits per heavy atom. The normalized spacial score (nSPS) is 20.2. The number of allylic oxidation sites excluding steroid dienone is 3. The minimum absolute atomic E-state index is 0.627. The van der Waals surface area contributed by atoms with Crippen LogP contribution in [-0.4, -0.2) is 18.0 Å². The van der Waals surface area contributed by atoms with Crippen molar-refractivity contribution in [3.8, 4) is 0 Å². The van der Waals surface area contributed by atoms with Gasteiger partial charge in [0.1, 0.15) is 0 Å². The molecule has 1 unspecified atom stereocenters. The number of rotatable bonds is 4. The van der Waals surface area contributed by atoms with Crippen LogP contribution < -0.4 is 0 Å². The van der Waals surface area contributed by atoms with Crippen molar-refractivity contribution in [1.29, 1.82) is 0 Å². The largest absolute Gasteiger partial charge is 0.367 e. The zero-order valence-corrected chi connectivity index (χ0v) is 14.6. The van der Waals surface area contributed by atoms with Gasteiger partial charge in [-0.05, 0) is 48.0 Å². The monoisotopic (exact) mass is 327 g/mol. The molecule has 1 heterocycles.